The Morgan fingerprint density at radius 2 is 1.33 bits per heavy atom. The van der Waals surface area contributed by atoms with Gasteiger partial charge in [0.05, 0.1) is 0 Å². The minimum absolute atomic E-state index is 0.0523. The molecule has 0 heterocycles. The van der Waals surface area contributed by atoms with Crippen molar-refractivity contribution in [3.05, 3.63) is 0 Å². The summed E-state index contributed by atoms with van der Waals surface area (Å²) in [5, 5.41) is 17.7. The van der Waals surface area contributed by atoms with Crippen LogP contribution in [-0.2, 0) is 18.7 Å². The fraction of sp³-hybridized carbons (Fsp3) is 0.750. The zero-order valence-electron chi connectivity index (χ0n) is 12.0. The summed E-state index contributed by atoms with van der Waals surface area (Å²) in [6.45, 7) is 0. The van der Waals surface area contributed by atoms with Crippen molar-refractivity contribution < 1.29 is 48.5 Å². The molecule has 2 atom stereocenters. The summed E-state index contributed by atoms with van der Waals surface area (Å²) in [4.78, 5) is 58.1. The summed E-state index contributed by atoms with van der Waals surface area (Å²) in [5.41, 5.74) is 5.25. The number of carboxylic acids is 2. The second-order valence-electron chi connectivity index (χ2n) is 4.57. The molecular formula is C8H18N2O10P2S2. The molecule has 0 saturated heterocycles. The van der Waals surface area contributed by atoms with Crippen LogP contribution in [0.15, 0.2) is 0 Å². The minimum Gasteiger partial charge on any atom is -0.480 e. The van der Waals surface area contributed by atoms with E-state index in [0.29, 0.717) is 4.90 Å². The number of nitrogens with zero attached hydrogens (tertiary/aromatic N) is 1. The predicted molar refractivity (Wildman–Crippen MR) is 87.6 cm³/mol. The van der Waals surface area contributed by atoms with Gasteiger partial charge in [-0.15, -0.1) is 0 Å². The smallest absolute Gasteiger partial charge is 0.339 e. The molecule has 0 bridgehead atoms. The van der Waals surface area contributed by atoms with Gasteiger partial charge in [-0.1, -0.05) is 21.6 Å². The Hall–Kier alpha value is -0.140. The summed E-state index contributed by atoms with van der Waals surface area (Å²) in [5.74, 6) is -3.13. The van der Waals surface area contributed by atoms with E-state index in [1.165, 1.54) is 0 Å². The first kappa shape index (κ1) is 23.9. The van der Waals surface area contributed by atoms with Crippen LogP contribution in [0.3, 0.4) is 0 Å². The number of hydrogen-bond acceptors (Lipinski definition) is 8. The highest BCUT2D eigenvalue weighted by atomic mass is 33.1. The lowest BCUT2D eigenvalue weighted by molar-refractivity contribution is -0.142. The van der Waals surface area contributed by atoms with Crippen LogP contribution in [-0.4, -0.2) is 82.8 Å². The fourth-order valence-electron chi connectivity index (χ4n) is 1.35. The Labute approximate surface area is 144 Å². The Balaban J connectivity index is 4.92. The summed E-state index contributed by atoms with van der Waals surface area (Å²) in [6.07, 6.45) is -2.29. The second-order valence-corrected chi connectivity index (χ2v) is 10.3. The number of aliphatic carboxylic acids is 2. The molecule has 1 unspecified atom stereocenters. The van der Waals surface area contributed by atoms with Crippen LogP contribution >= 0.6 is 36.8 Å². The molecule has 142 valence electrons. The topological polar surface area (TPSA) is 219 Å². The Morgan fingerprint density at radius 3 is 1.67 bits per heavy atom. The van der Waals surface area contributed by atoms with E-state index < -0.39 is 51.8 Å². The summed E-state index contributed by atoms with van der Waals surface area (Å²) in [7, 11) is -7.75. The molecule has 8 N–H and O–H groups in total. The first-order valence-electron chi connectivity index (χ1n) is 6.01. The molecule has 16 heteroatoms. The lowest BCUT2D eigenvalue weighted by atomic mass is 10.3. The number of carboxylic acid groups (broad SMARTS) is 2. The van der Waals surface area contributed by atoms with Gasteiger partial charge in [-0.25, -0.2) is 0 Å². The molecule has 0 saturated carbocycles. The van der Waals surface area contributed by atoms with E-state index in [1.54, 1.807) is 0 Å². The number of hydrogen-bond donors (Lipinski definition) is 7. The highest BCUT2D eigenvalue weighted by molar-refractivity contribution is 8.76. The lowest BCUT2D eigenvalue weighted by Crippen LogP contribution is -2.44. The summed E-state index contributed by atoms with van der Waals surface area (Å²) >= 11 is 0. The number of carbonyl (C=O) groups is 2. The first-order chi connectivity index (χ1) is 10.7. The van der Waals surface area contributed by atoms with Crippen molar-refractivity contribution in [2.45, 2.75) is 12.1 Å². The highest BCUT2D eigenvalue weighted by Crippen LogP contribution is 2.42. The molecule has 0 fully saturated rings. The van der Waals surface area contributed by atoms with Gasteiger partial charge in [0, 0.05) is 11.5 Å². The number of nitrogens with two attached hydrogens (primary N) is 1. The number of rotatable bonds is 12. The molecule has 0 aromatic carbocycles. The van der Waals surface area contributed by atoms with Gasteiger partial charge in [0.25, 0.3) is 0 Å². The van der Waals surface area contributed by atoms with Crippen LogP contribution in [0.1, 0.15) is 0 Å². The molecule has 0 aromatic heterocycles. The Kier molecular flexibility index (Phi) is 10.1. The molecule has 0 rings (SSSR count). The second kappa shape index (κ2) is 10.1. The standard InChI is InChI=1S/C8H18N2O10P2S2/c9-5(7(11)12)1-23-24-2-6(8(13)14)10(3-21(15,16)17)4-22(18,19)20/h5-6H,1-4,9H2,(H,11,12)(H,13,14)(H2,15,16,17)(H2,18,19,20)/t5?,6-/m0/s1. The fourth-order valence-corrected chi connectivity index (χ4v) is 5.42. The molecule has 0 aromatic rings. The maximum absolute atomic E-state index is 11.3. The third-order valence-corrected chi connectivity index (χ3v) is 6.23. The molecule has 12 nitrogen and oxygen atoms in total. The summed E-state index contributed by atoms with van der Waals surface area (Å²) in [6, 6.07) is -2.77. The van der Waals surface area contributed by atoms with E-state index >= 15 is 0 Å². The maximum atomic E-state index is 11.3. The van der Waals surface area contributed by atoms with Crippen LogP contribution in [0.25, 0.3) is 0 Å². The average Bonchev–Trinajstić information content (AvgIpc) is 2.33. The SMILES string of the molecule is NC(CSSC[C@@H](C(=O)O)N(CP(=O)(O)O)CP(=O)(O)O)C(=O)O. The molecule has 0 spiro atoms. The quantitative estimate of drug-likeness (QED) is 0.110. The molecule has 24 heavy (non-hydrogen) atoms. The van der Waals surface area contributed by atoms with E-state index in [1.807, 2.05) is 0 Å². The van der Waals surface area contributed by atoms with Crippen molar-refractivity contribution in [1.29, 1.82) is 0 Å². The van der Waals surface area contributed by atoms with Crippen LogP contribution < -0.4 is 5.73 Å². The average molecular weight is 428 g/mol. The molecule has 0 radical (unpaired) electrons. The third kappa shape index (κ3) is 11.4. The maximum Gasteiger partial charge on any atom is 0.339 e. The molecule has 0 aliphatic rings. The largest absolute Gasteiger partial charge is 0.480 e. The third-order valence-electron chi connectivity index (χ3n) is 2.33. The predicted octanol–water partition coefficient (Wildman–Crippen LogP) is -1.19. The van der Waals surface area contributed by atoms with Gasteiger partial charge in [0.15, 0.2) is 0 Å². The van der Waals surface area contributed by atoms with E-state index in [2.05, 4.69) is 0 Å². The van der Waals surface area contributed by atoms with Crippen molar-refractivity contribution in [3.8, 4) is 0 Å². The van der Waals surface area contributed by atoms with Gasteiger partial charge in [0.2, 0.25) is 0 Å². The Bertz CT molecular complexity index is 513. The van der Waals surface area contributed by atoms with Crippen LogP contribution in [0.2, 0.25) is 0 Å². The van der Waals surface area contributed by atoms with Crippen molar-refractivity contribution in [3.63, 3.8) is 0 Å². The lowest BCUT2D eigenvalue weighted by Gasteiger charge is -2.28. The van der Waals surface area contributed by atoms with Crippen molar-refractivity contribution in [2.75, 3.05) is 24.1 Å². The van der Waals surface area contributed by atoms with Crippen molar-refractivity contribution >= 4 is 48.7 Å². The molecule has 0 aliphatic heterocycles. The van der Waals surface area contributed by atoms with Gasteiger partial charge in [-0.3, -0.25) is 23.6 Å². The normalized spacial score (nSPS) is 15.2. The van der Waals surface area contributed by atoms with Gasteiger partial charge in [-0.2, -0.15) is 0 Å². The van der Waals surface area contributed by atoms with E-state index in [-0.39, 0.29) is 11.5 Å². The Morgan fingerprint density at radius 1 is 0.917 bits per heavy atom. The van der Waals surface area contributed by atoms with Crippen LogP contribution in [0.5, 0.6) is 0 Å². The molecular weight excluding hydrogens is 410 g/mol. The first-order valence-corrected chi connectivity index (χ1v) is 12.1. The van der Waals surface area contributed by atoms with Gasteiger partial charge >= 0.3 is 27.1 Å². The van der Waals surface area contributed by atoms with Crippen molar-refractivity contribution in [2.24, 2.45) is 5.73 Å². The molecule has 0 amide bonds. The van der Waals surface area contributed by atoms with Crippen molar-refractivity contribution in [1.82, 2.24) is 4.90 Å². The summed E-state index contributed by atoms with van der Waals surface area (Å²) < 4.78 is 22.1. The van der Waals surface area contributed by atoms with E-state index in [9.17, 15) is 18.7 Å². The highest BCUT2D eigenvalue weighted by Gasteiger charge is 2.35. The van der Waals surface area contributed by atoms with E-state index in [0.717, 1.165) is 21.6 Å². The van der Waals surface area contributed by atoms with Gasteiger partial charge in [-0.05, 0) is 0 Å². The van der Waals surface area contributed by atoms with E-state index in [4.69, 9.17) is 35.5 Å². The van der Waals surface area contributed by atoms with Gasteiger partial charge in [0.1, 0.15) is 24.7 Å². The zero-order chi connectivity index (χ0) is 19.1. The molecule has 0 aliphatic carbocycles. The minimum atomic E-state index is -4.76. The zero-order valence-corrected chi connectivity index (χ0v) is 15.5. The van der Waals surface area contributed by atoms with Crippen LogP contribution in [0.4, 0.5) is 0 Å². The van der Waals surface area contributed by atoms with Gasteiger partial charge < -0.3 is 35.5 Å². The monoisotopic (exact) mass is 428 g/mol. The van der Waals surface area contributed by atoms with Crippen LogP contribution in [0, 0.1) is 0 Å².